The van der Waals surface area contributed by atoms with E-state index in [1.807, 2.05) is 0 Å². The van der Waals surface area contributed by atoms with Crippen molar-refractivity contribution in [1.29, 1.82) is 0 Å². The van der Waals surface area contributed by atoms with E-state index in [1.54, 1.807) is 32.2 Å². The van der Waals surface area contributed by atoms with Crippen LogP contribution in [-0.2, 0) is 43.6 Å². The molecule has 2 aliphatic heterocycles. The van der Waals surface area contributed by atoms with E-state index in [9.17, 15) is 32.2 Å². The number of carbonyl (C=O) groups excluding carboxylic acids is 4. The lowest BCUT2D eigenvalue weighted by Crippen LogP contribution is -2.65. The Morgan fingerprint density at radius 3 is 2.28 bits per heavy atom. The van der Waals surface area contributed by atoms with Crippen LogP contribution in [0.2, 0.25) is 0 Å². The van der Waals surface area contributed by atoms with E-state index in [0.717, 1.165) is 23.3 Å². The van der Waals surface area contributed by atoms with Crippen LogP contribution >= 0.6 is 0 Å². The number of nitrogens with zero attached hydrogens (tertiary/aromatic N) is 2. The number of urea groups is 1. The van der Waals surface area contributed by atoms with Crippen molar-refractivity contribution >= 4 is 40.2 Å². The third kappa shape index (κ3) is 4.21. The quantitative estimate of drug-likeness (QED) is 0.559. The summed E-state index contributed by atoms with van der Waals surface area (Å²) in [5.41, 5.74) is -0.216. The van der Waals surface area contributed by atoms with Gasteiger partial charge in [-0.1, -0.05) is 6.07 Å². The van der Waals surface area contributed by atoms with Crippen molar-refractivity contribution < 1.29 is 32.2 Å². The van der Waals surface area contributed by atoms with Gasteiger partial charge in [0.25, 0.3) is 5.91 Å². The predicted octanol–water partition coefficient (Wildman–Crippen LogP) is 2.21. The Hall–Kier alpha value is -3.67. The van der Waals surface area contributed by atoms with Gasteiger partial charge in [-0.15, -0.1) is 0 Å². The number of imide groups is 1. The predicted molar refractivity (Wildman–Crippen MR) is 139 cm³/mol. The monoisotopic (exact) mass is 558 g/mol. The Bertz CT molecular complexity index is 1460. The molecule has 12 heteroatoms. The van der Waals surface area contributed by atoms with Gasteiger partial charge in [0.15, 0.2) is 0 Å². The first-order valence-corrected chi connectivity index (χ1v) is 13.7. The minimum atomic E-state index is -1.68. The molecule has 0 radical (unpaired) electrons. The van der Waals surface area contributed by atoms with Crippen LogP contribution in [0.25, 0.3) is 0 Å². The second kappa shape index (κ2) is 8.94. The molecule has 0 bridgehead atoms. The lowest BCUT2D eigenvalue weighted by atomic mass is 9.89. The van der Waals surface area contributed by atoms with Crippen molar-refractivity contribution in [3.63, 3.8) is 0 Å². The molecule has 9 nitrogen and oxygen atoms in total. The van der Waals surface area contributed by atoms with E-state index in [4.69, 9.17) is 0 Å². The van der Waals surface area contributed by atoms with Gasteiger partial charge >= 0.3 is 6.03 Å². The summed E-state index contributed by atoms with van der Waals surface area (Å²) in [6.45, 7) is 4.12. The molecule has 2 aromatic carbocycles. The average molecular weight is 559 g/mol. The van der Waals surface area contributed by atoms with E-state index >= 15 is 0 Å². The number of rotatable bonds is 4. The highest BCUT2D eigenvalue weighted by Gasteiger charge is 2.55. The fourth-order valence-corrected chi connectivity index (χ4v) is 7.13. The van der Waals surface area contributed by atoms with Crippen molar-refractivity contribution in [2.24, 2.45) is 0 Å². The molecule has 1 spiro atoms. The maximum atomic E-state index is 14.1. The number of anilines is 1. The Balaban J connectivity index is 1.40. The van der Waals surface area contributed by atoms with Gasteiger partial charge in [-0.2, -0.15) is 0 Å². The number of benzene rings is 2. The third-order valence-corrected chi connectivity index (χ3v) is 10.3. The molecule has 2 fully saturated rings. The molecule has 2 N–H and O–H groups in total. The highest BCUT2D eigenvalue weighted by Crippen LogP contribution is 2.40. The van der Waals surface area contributed by atoms with Gasteiger partial charge in [-0.25, -0.2) is 13.6 Å². The largest absolute Gasteiger partial charge is 0.325 e. The van der Waals surface area contributed by atoms with Crippen molar-refractivity contribution in [2.75, 3.05) is 24.7 Å². The van der Waals surface area contributed by atoms with Crippen molar-refractivity contribution in [3.05, 3.63) is 64.7 Å². The highest BCUT2D eigenvalue weighted by atomic mass is 32.2. The molecule has 0 saturated carbocycles. The zero-order valence-electron chi connectivity index (χ0n) is 21.9. The Morgan fingerprint density at radius 1 is 1.03 bits per heavy atom. The molecule has 2 saturated heterocycles. The van der Waals surface area contributed by atoms with E-state index in [1.165, 1.54) is 23.6 Å². The summed E-state index contributed by atoms with van der Waals surface area (Å²) in [5, 5.41) is 5.10. The van der Waals surface area contributed by atoms with E-state index in [0.29, 0.717) is 18.2 Å². The van der Waals surface area contributed by atoms with Crippen molar-refractivity contribution in [3.8, 4) is 0 Å². The smallest absolute Gasteiger partial charge is 0.324 e. The topological polar surface area (TPSA) is 116 Å². The zero-order valence-corrected chi connectivity index (χ0v) is 22.7. The van der Waals surface area contributed by atoms with Gasteiger partial charge in [0.2, 0.25) is 11.8 Å². The Labute approximate surface area is 226 Å². The highest BCUT2D eigenvalue weighted by molar-refractivity contribution is 7.87. The minimum absolute atomic E-state index is 0.0985. The van der Waals surface area contributed by atoms with E-state index < -0.39 is 62.6 Å². The van der Waals surface area contributed by atoms with Gasteiger partial charge in [-0.3, -0.25) is 23.9 Å². The number of fused-ring (bicyclic) bond motifs is 1. The molecule has 2 aromatic rings. The Kier molecular flexibility index (Phi) is 6.17. The van der Waals surface area contributed by atoms with Crippen LogP contribution in [0.3, 0.4) is 0 Å². The average Bonchev–Trinajstić information content (AvgIpc) is 3.33. The molecular weight excluding hydrogens is 530 g/mol. The molecule has 5 rings (SSSR count). The summed E-state index contributed by atoms with van der Waals surface area (Å²) in [7, 11) is -0.109. The molecule has 5 amide bonds. The van der Waals surface area contributed by atoms with Gasteiger partial charge in [0, 0.05) is 42.4 Å². The minimum Gasteiger partial charge on any atom is -0.325 e. The normalized spacial score (nSPS) is 27.6. The summed E-state index contributed by atoms with van der Waals surface area (Å²) in [6.07, 6.45) is 0.635. The number of nitrogens with one attached hydrogen (secondary N) is 2. The molecule has 0 aromatic heterocycles. The lowest BCUT2D eigenvalue weighted by Gasteiger charge is -2.49. The zero-order chi connectivity index (χ0) is 28.5. The van der Waals surface area contributed by atoms with Crippen LogP contribution in [-0.4, -0.2) is 67.4 Å². The van der Waals surface area contributed by atoms with Gasteiger partial charge in [-0.05, 0) is 61.7 Å². The fourth-order valence-electron chi connectivity index (χ4n) is 5.63. The summed E-state index contributed by atoms with van der Waals surface area (Å²) in [6, 6.07) is 7.57. The van der Waals surface area contributed by atoms with E-state index in [2.05, 4.69) is 10.6 Å². The van der Waals surface area contributed by atoms with Gasteiger partial charge < -0.3 is 15.1 Å². The number of likely N-dealkylation sites (N-methyl/N-ethyl adjacent to an activating group) is 1. The van der Waals surface area contributed by atoms with Crippen LogP contribution in [0, 0.1) is 11.6 Å². The fraction of sp³-hybridized carbons (Fsp3) is 0.407. The summed E-state index contributed by atoms with van der Waals surface area (Å²) >= 11 is 0. The lowest BCUT2D eigenvalue weighted by molar-refractivity contribution is -0.143. The molecule has 3 aliphatic rings. The number of carbonyl (C=O) groups is 4. The summed E-state index contributed by atoms with van der Waals surface area (Å²) < 4.78 is 39.9. The molecule has 206 valence electrons. The first-order chi connectivity index (χ1) is 18.2. The first kappa shape index (κ1) is 26.9. The third-order valence-electron chi connectivity index (χ3n) is 8.17. The van der Waals surface area contributed by atoms with E-state index in [-0.39, 0.29) is 23.6 Å². The molecule has 39 heavy (non-hydrogen) atoms. The van der Waals surface area contributed by atoms with Crippen LogP contribution < -0.4 is 10.6 Å². The van der Waals surface area contributed by atoms with Gasteiger partial charge in [0.05, 0.1) is 11.3 Å². The second-order valence-corrected chi connectivity index (χ2v) is 13.1. The van der Waals surface area contributed by atoms with Crippen LogP contribution in [0.4, 0.5) is 19.3 Å². The molecule has 3 unspecified atom stereocenters. The first-order valence-electron chi connectivity index (χ1n) is 12.4. The number of hydrogen-bond donors (Lipinski definition) is 2. The van der Waals surface area contributed by atoms with Crippen molar-refractivity contribution in [2.45, 2.75) is 49.4 Å². The van der Waals surface area contributed by atoms with Crippen LogP contribution in [0.5, 0.6) is 0 Å². The molecule has 2 heterocycles. The van der Waals surface area contributed by atoms with Crippen LogP contribution in [0.15, 0.2) is 36.4 Å². The summed E-state index contributed by atoms with van der Waals surface area (Å²) in [4.78, 5) is 53.9. The molecule has 3 atom stereocenters. The second-order valence-electron chi connectivity index (χ2n) is 11.1. The number of amides is 5. The van der Waals surface area contributed by atoms with Crippen LogP contribution in [0.1, 0.15) is 37.5 Å². The summed E-state index contributed by atoms with van der Waals surface area (Å²) in [5.74, 6) is -3.32. The SMILES string of the molecule is CN1C(=O)NC(=O)C12Cc1ccc(NC(=O)CN3C(=O)C(C)(C)S(=O)CC3(C)c3cc(F)cc(F)c3)cc1C2. The molecular formula is C27H28F2N4O5S. The molecule has 1 aliphatic carbocycles. The number of hydrogen-bond acceptors (Lipinski definition) is 5. The maximum Gasteiger partial charge on any atom is 0.324 e. The van der Waals surface area contributed by atoms with Gasteiger partial charge in [0.1, 0.15) is 28.5 Å². The standard InChI is InChI=1S/C27H28F2N4O5S/c1-25(2)23(36)33(26(3,14-39(25)38)17-8-18(28)10-19(29)9-17)13-21(34)30-20-6-5-15-11-27(12-16(15)7-20)22(35)31-24(37)32(27)4/h5-10H,11-14H2,1-4H3,(H,30,34)(H,31,35,37). The maximum absolute atomic E-state index is 14.1. The number of halogens is 2. The Morgan fingerprint density at radius 2 is 1.67 bits per heavy atom. The van der Waals surface area contributed by atoms with Crippen molar-refractivity contribution in [1.82, 2.24) is 15.1 Å².